The Labute approximate surface area is 105 Å². The first-order chi connectivity index (χ1) is 8.60. The lowest BCUT2D eigenvalue weighted by Crippen LogP contribution is -2.26. The number of aliphatic hydroxyl groups is 1. The van der Waals surface area contributed by atoms with Crippen molar-refractivity contribution in [2.24, 2.45) is 0 Å². The second-order valence-corrected chi connectivity index (χ2v) is 4.44. The SMILES string of the molecule is CN(Cc1ccc2c(c1)CC(=O)N2)C(=O)CCO. The molecule has 2 amide bonds. The highest BCUT2D eigenvalue weighted by Gasteiger charge is 2.18. The van der Waals surface area contributed by atoms with E-state index >= 15 is 0 Å². The average Bonchev–Trinajstić information content (AvgIpc) is 2.68. The average molecular weight is 248 g/mol. The summed E-state index contributed by atoms with van der Waals surface area (Å²) in [6.45, 7) is 0.353. The molecule has 1 heterocycles. The number of nitrogens with one attached hydrogen (secondary N) is 1. The van der Waals surface area contributed by atoms with E-state index in [0.717, 1.165) is 16.8 Å². The summed E-state index contributed by atoms with van der Waals surface area (Å²) in [4.78, 5) is 24.3. The molecule has 0 atom stereocenters. The van der Waals surface area contributed by atoms with Gasteiger partial charge in [0, 0.05) is 25.7 Å². The maximum atomic E-state index is 11.5. The third-order valence-electron chi connectivity index (χ3n) is 2.97. The van der Waals surface area contributed by atoms with Gasteiger partial charge < -0.3 is 15.3 Å². The van der Waals surface area contributed by atoms with Crippen molar-refractivity contribution >= 4 is 17.5 Å². The van der Waals surface area contributed by atoms with Gasteiger partial charge in [-0.25, -0.2) is 0 Å². The molecule has 0 bridgehead atoms. The molecule has 5 nitrogen and oxygen atoms in total. The molecule has 0 saturated carbocycles. The predicted octanol–water partition coefficient (Wildman–Crippen LogP) is 0.522. The zero-order chi connectivity index (χ0) is 13.1. The van der Waals surface area contributed by atoms with Crippen LogP contribution in [0.15, 0.2) is 18.2 Å². The number of benzene rings is 1. The minimum absolute atomic E-state index is 0.00635. The summed E-state index contributed by atoms with van der Waals surface area (Å²) in [5.74, 6) is -0.0842. The van der Waals surface area contributed by atoms with Crippen molar-refractivity contribution in [2.75, 3.05) is 19.0 Å². The van der Waals surface area contributed by atoms with Crippen molar-refractivity contribution in [3.05, 3.63) is 29.3 Å². The first-order valence-electron chi connectivity index (χ1n) is 5.86. The predicted molar refractivity (Wildman–Crippen MR) is 67.0 cm³/mol. The van der Waals surface area contributed by atoms with E-state index in [1.54, 1.807) is 11.9 Å². The summed E-state index contributed by atoms with van der Waals surface area (Å²) in [5, 5.41) is 11.5. The number of rotatable bonds is 4. The van der Waals surface area contributed by atoms with E-state index in [0.29, 0.717) is 13.0 Å². The maximum absolute atomic E-state index is 11.5. The fourth-order valence-electron chi connectivity index (χ4n) is 2.03. The largest absolute Gasteiger partial charge is 0.396 e. The number of carbonyl (C=O) groups is 2. The first-order valence-corrected chi connectivity index (χ1v) is 5.86. The van der Waals surface area contributed by atoms with Crippen LogP contribution in [0.3, 0.4) is 0 Å². The lowest BCUT2D eigenvalue weighted by molar-refractivity contribution is -0.131. The van der Waals surface area contributed by atoms with Gasteiger partial charge >= 0.3 is 0 Å². The van der Waals surface area contributed by atoms with Crippen LogP contribution in [0.2, 0.25) is 0 Å². The minimum atomic E-state index is -0.133. The number of anilines is 1. The Morgan fingerprint density at radius 3 is 3.00 bits per heavy atom. The molecule has 5 heteroatoms. The molecule has 0 spiro atoms. The monoisotopic (exact) mass is 248 g/mol. The highest BCUT2D eigenvalue weighted by Crippen LogP contribution is 2.24. The summed E-state index contributed by atoms with van der Waals surface area (Å²) in [7, 11) is 1.70. The lowest BCUT2D eigenvalue weighted by Gasteiger charge is -2.17. The second-order valence-electron chi connectivity index (χ2n) is 4.44. The molecule has 1 aromatic rings. The molecule has 18 heavy (non-hydrogen) atoms. The van der Waals surface area contributed by atoms with E-state index in [1.807, 2.05) is 18.2 Å². The second kappa shape index (κ2) is 5.18. The number of hydrogen-bond donors (Lipinski definition) is 2. The van der Waals surface area contributed by atoms with Gasteiger partial charge in [-0.05, 0) is 17.2 Å². The van der Waals surface area contributed by atoms with Gasteiger partial charge in [-0.15, -0.1) is 0 Å². The number of hydrogen-bond acceptors (Lipinski definition) is 3. The van der Waals surface area contributed by atoms with Crippen LogP contribution < -0.4 is 5.32 Å². The summed E-state index contributed by atoms with van der Waals surface area (Å²) in [5.41, 5.74) is 2.81. The Morgan fingerprint density at radius 2 is 2.28 bits per heavy atom. The van der Waals surface area contributed by atoms with E-state index in [4.69, 9.17) is 5.11 Å². The van der Waals surface area contributed by atoms with Crippen molar-refractivity contribution in [1.82, 2.24) is 4.90 Å². The van der Waals surface area contributed by atoms with Crippen molar-refractivity contribution in [3.8, 4) is 0 Å². The molecular weight excluding hydrogens is 232 g/mol. The topological polar surface area (TPSA) is 69.6 Å². The molecule has 0 saturated heterocycles. The zero-order valence-corrected chi connectivity index (χ0v) is 10.3. The standard InChI is InChI=1S/C13H16N2O3/c1-15(13(18)4-5-16)8-9-2-3-11-10(6-9)7-12(17)14-11/h2-3,6,16H,4-5,7-8H2,1H3,(H,14,17). The normalized spacial score (nSPS) is 13.1. The van der Waals surface area contributed by atoms with Crippen LogP contribution in [-0.2, 0) is 22.6 Å². The van der Waals surface area contributed by atoms with Crippen molar-refractivity contribution in [3.63, 3.8) is 0 Å². The van der Waals surface area contributed by atoms with Gasteiger partial charge in [0.2, 0.25) is 11.8 Å². The number of carbonyl (C=O) groups excluding carboxylic acids is 2. The van der Waals surface area contributed by atoms with E-state index in [9.17, 15) is 9.59 Å². The minimum Gasteiger partial charge on any atom is -0.396 e. The summed E-state index contributed by atoms with van der Waals surface area (Å²) in [6, 6.07) is 5.70. The third-order valence-corrected chi connectivity index (χ3v) is 2.97. The molecule has 0 aliphatic carbocycles. The molecule has 0 aromatic heterocycles. The van der Waals surface area contributed by atoms with Gasteiger partial charge in [0.1, 0.15) is 0 Å². The van der Waals surface area contributed by atoms with E-state index in [-0.39, 0.29) is 24.8 Å². The first kappa shape index (κ1) is 12.6. The van der Waals surface area contributed by atoms with Crippen LogP contribution in [0, 0.1) is 0 Å². The molecule has 1 aliphatic rings. The van der Waals surface area contributed by atoms with Gasteiger partial charge in [-0.3, -0.25) is 9.59 Å². The quantitative estimate of drug-likeness (QED) is 0.816. The van der Waals surface area contributed by atoms with Crippen LogP contribution in [0.25, 0.3) is 0 Å². The highest BCUT2D eigenvalue weighted by molar-refractivity contribution is 5.99. The fraction of sp³-hybridized carbons (Fsp3) is 0.385. The molecule has 0 radical (unpaired) electrons. The molecule has 96 valence electrons. The van der Waals surface area contributed by atoms with Crippen LogP contribution >= 0.6 is 0 Å². The number of aliphatic hydroxyl groups excluding tert-OH is 1. The lowest BCUT2D eigenvalue weighted by atomic mass is 10.1. The fourth-order valence-corrected chi connectivity index (χ4v) is 2.03. The van der Waals surface area contributed by atoms with Gasteiger partial charge in [-0.1, -0.05) is 12.1 Å². The van der Waals surface area contributed by atoms with E-state index < -0.39 is 0 Å². The van der Waals surface area contributed by atoms with E-state index in [1.165, 1.54) is 0 Å². The number of fused-ring (bicyclic) bond motifs is 1. The Morgan fingerprint density at radius 1 is 1.50 bits per heavy atom. The number of nitrogens with zero attached hydrogens (tertiary/aromatic N) is 1. The molecule has 2 rings (SSSR count). The van der Waals surface area contributed by atoms with Crippen LogP contribution in [0.1, 0.15) is 17.5 Å². The van der Waals surface area contributed by atoms with Crippen LogP contribution in [0.5, 0.6) is 0 Å². The van der Waals surface area contributed by atoms with Crippen molar-refractivity contribution in [2.45, 2.75) is 19.4 Å². The Balaban J connectivity index is 2.05. The summed E-state index contributed by atoms with van der Waals surface area (Å²) in [6.07, 6.45) is 0.541. The highest BCUT2D eigenvalue weighted by atomic mass is 16.3. The van der Waals surface area contributed by atoms with Gasteiger partial charge in [-0.2, -0.15) is 0 Å². The van der Waals surface area contributed by atoms with Gasteiger partial charge in [0.15, 0.2) is 0 Å². The van der Waals surface area contributed by atoms with Crippen molar-refractivity contribution in [1.29, 1.82) is 0 Å². The Hall–Kier alpha value is -1.88. The molecule has 1 aromatic carbocycles. The molecule has 0 fully saturated rings. The maximum Gasteiger partial charge on any atom is 0.228 e. The molecule has 0 unspecified atom stereocenters. The summed E-state index contributed by atoms with van der Waals surface area (Å²) >= 11 is 0. The smallest absolute Gasteiger partial charge is 0.228 e. The molecular formula is C13H16N2O3. The molecule has 2 N–H and O–H groups in total. The van der Waals surface area contributed by atoms with E-state index in [2.05, 4.69) is 5.32 Å². The van der Waals surface area contributed by atoms with Crippen LogP contribution in [0.4, 0.5) is 5.69 Å². The van der Waals surface area contributed by atoms with Crippen LogP contribution in [-0.4, -0.2) is 35.5 Å². The Kier molecular flexibility index (Phi) is 3.62. The molecule has 1 aliphatic heterocycles. The van der Waals surface area contributed by atoms with Gasteiger partial charge in [0.05, 0.1) is 13.0 Å². The van der Waals surface area contributed by atoms with Gasteiger partial charge in [0.25, 0.3) is 0 Å². The summed E-state index contributed by atoms with van der Waals surface area (Å²) < 4.78 is 0. The van der Waals surface area contributed by atoms with Crippen molar-refractivity contribution < 1.29 is 14.7 Å². The number of amides is 2. The Bertz CT molecular complexity index is 485. The zero-order valence-electron chi connectivity index (χ0n) is 10.3. The third kappa shape index (κ3) is 2.68.